The van der Waals surface area contributed by atoms with Crippen molar-refractivity contribution in [2.24, 2.45) is 4.99 Å². The molecule has 2 heterocycles. The van der Waals surface area contributed by atoms with E-state index >= 15 is 0 Å². The summed E-state index contributed by atoms with van der Waals surface area (Å²) in [5.74, 6) is 2.43. The smallest absolute Gasteiger partial charge is 0.251 e. The van der Waals surface area contributed by atoms with Crippen LogP contribution < -0.4 is 5.32 Å². The average Bonchev–Trinajstić information content (AvgIpc) is 2.90. The number of hydrogen-bond donors (Lipinski definition) is 2. The normalized spacial score (nSPS) is 19.0. The minimum Gasteiger partial charge on any atom is -0.390 e. The molecule has 0 aromatic rings. The minimum absolute atomic E-state index is 0.208. The summed E-state index contributed by atoms with van der Waals surface area (Å²) in [6.45, 7) is 8.27. The molecule has 0 aromatic carbocycles. The first-order valence-electron chi connectivity index (χ1n) is 8.45. The maximum absolute atomic E-state index is 12.1. The number of aliphatic imine (C=N–C) groups is 1. The average molecular weight is 339 g/mol. The molecule has 1 atom stereocenters. The molecular formula is C20H25N3O2. The van der Waals surface area contributed by atoms with Crippen molar-refractivity contribution in [3.63, 3.8) is 0 Å². The number of hydrogen-bond acceptors (Lipinski definition) is 4. The summed E-state index contributed by atoms with van der Waals surface area (Å²) >= 11 is 0. The fourth-order valence-electron chi connectivity index (χ4n) is 2.82. The summed E-state index contributed by atoms with van der Waals surface area (Å²) in [6, 6.07) is 0. The number of carbonyl (C=O) groups is 1. The first-order chi connectivity index (χ1) is 12.1. The Labute approximate surface area is 149 Å². The number of nitrogens with zero attached hydrogens (tertiary/aromatic N) is 2. The van der Waals surface area contributed by atoms with Crippen LogP contribution in [0.15, 0.2) is 70.9 Å². The van der Waals surface area contributed by atoms with E-state index in [1.54, 1.807) is 18.2 Å². The molecule has 0 aliphatic carbocycles. The van der Waals surface area contributed by atoms with Gasteiger partial charge in [0, 0.05) is 44.0 Å². The van der Waals surface area contributed by atoms with Crippen molar-refractivity contribution in [2.45, 2.75) is 19.4 Å². The van der Waals surface area contributed by atoms with Gasteiger partial charge in [0.05, 0.1) is 6.10 Å². The van der Waals surface area contributed by atoms with Crippen molar-refractivity contribution >= 4 is 11.8 Å². The molecule has 5 nitrogen and oxygen atoms in total. The van der Waals surface area contributed by atoms with E-state index < -0.39 is 6.10 Å². The number of allylic oxidation sites excluding steroid dienone is 4. The van der Waals surface area contributed by atoms with Crippen LogP contribution in [0.1, 0.15) is 13.3 Å². The lowest BCUT2D eigenvalue weighted by Gasteiger charge is -2.30. The lowest BCUT2D eigenvalue weighted by Crippen LogP contribution is -2.42. The summed E-state index contributed by atoms with van der Waals surface area (Å²) in [5.41, 5.74) is 2.99. The zero-order chi connectivity index (χ0) is 18.1. The lowest BCUT2D eigenvalue weighted by molar-refractivity contribution is -0.117. The molecule has 1 amide bonds. The number of amides is 1. The van der Waals surface area contributed by atoms with Gasteiger partial charge in [-0.25, -0.2) is 4.99 Å². The van der Waals surface area contributed by atoms with Crippen molar-refractivity contribution in [2.75, 3.05) is 26.2 Å². The van der Waals surface area contributed by atoms with Crippen molar-refractivity contribution in [1.29, 1.82) is 0 Å². The highest BCUT2D eigenvalue weighted by molar-refractivity contribution is 5.97. The van der Waals surface area contributed by atoms with E-state index in [2.05, 4.69) is 33.7 Å². The standard InChI is InChI=1S/C20H25N3O2/c1-3-6-17-9-12-23(14-16(17)4-2)15-19(24)13-22-20(25)18-7-5-10-21-11-8-18/h3-8,11,19,24H,2,9,12-15H2,1H3,(H,22,25)/b6-3-. The summed E-state index contributed by atoms with van der Waals surface area (Å²) in [5, 5.41) is 13.0. The largest absolute Gasteiger partial charge is 0.390 e. The maximum Gasteiger partial charge on any atom is 0.251 e. The molecule has 25 heavy (non-hydrogen) atoms. The van der Waals surface area contributed by atoms with Gasteiger partial charge in [-0.2, -0.15) is 0 Å². The van der Waals surface area contributed by atoms with Crippen LogP contribution >= 0.6 is 0 Å². The van der Waals surface area contributed by atoms with Crippen LogP contribution in [0.3, 0.4) is 0 Å². The molecule has 2 N–H and O–H groups in total. The van der Waals surface area contributed by atoms with Gasteiger partial charge in [0.1, 0.15) is 0 Å². The monoisotopic (exact) mass is 339 g/mol. The Balaban J connectivity index is 1.82. The number of carbonyl (C=O) groups excluding carboxylic acids is 1. The number of β-amino-alcohol motifs (C(OH)–C–C–N with tert-alkyl or cyclic N) is 1. The second-order valence-electron chi connectivity index (χ2n) is 5.97. The van der Waals surface area contributed by atoms with Gasteiger partial charge in [0.2, 0.25) is 0 Å². The summed E-state index contributed by atoms with van der Waals surface area (Å²) < 4.78 is 0. The van der Waals surface area contributed by atoms with E-state index in [0.717, 1.165) is 19.5 Å². The fraction of sp³-hybridized carbons (Fsp3) is 0.350. The van der Waals surface area contributed by atoms with Crippen LogP contribution in [-0.2, 0) is 4.79 Å². The molecule has 0 saturated carbocycles. The van der Waals surface area contributed by atoms with Crippen LogP contribution in [0.2, 0.25) is 0 Å². The highest BCUT2D eigenvalue weighted by Gasteiger charge is 2.19. The SMILES string of the molecule is C=CC1=C(/C=C\C)CCN(CC(O)CNC(=O)C2=CC=C=NC=C2)C1. The third kappa shape index (κ3) is 5.84. The third-order valence-electron chi connectivity index (χ3n) is 4.09. The van der Waals surface area contributed by atoms with Gasteiger partial charge in [-0.15, -0.1) is 0 Å². The van der Waals surface area contributed by atoms with E-state index in [1.165, 1.54) is 17.3 Å². The molecule has 2 rings (SSSR count). The molecular weight excluding hydrogens is 314 g/mol. The molecule has 0 saturated heterocycles. The highest BCUT2D eigenvalue weighted by atomic mass is 16.3. The Morgan fingerprint density at radius 1 is 1.56 bits per heavy atom. The number of rotatable bonds is 7. The van der Waals surface area contributed by atoms with Crippen molar-refractivity contribution in [1.82, 2.24) is 10.2 Å². The highest BCUT2D eigenvalue weighted by Crippen LogP contribution is 2.20. The molecule has 132 valence electrons. The Morgan fingerprint density at radius 3 is 3.16 bits per heavy atom. The first-order valence-corrected chi connectivity index (χ1v) is 8.45. The van der Waals surface area contributed by atoms with Gasteiger partial charge in [-0.3, -0.25) is 9.69 Å². The van der Waals surface area contributed by atoms with E-state index in [1.807, 2.05) is 19.1 Å². The number of aliphatic hydroxyl groups is 1. The van der Waals surface area contributed by atoms with E-state index in [4.69, 9.17) is 0 Å². The zero-order valence-corrected chi connectivity index (χ0v) is 14.6. The van der Waals surface area contributed by atoms with Crippen LogP contribution in [0.4, 0.5) is 0 Å². The summed E-state index contributed by atoms with van der Waals surface area (Å²) in [4.78, 5) is 18.1. The van der Waals surface area contributed by atoms with Crippen LogP contribution in [0, 0.1) is 0 Å². The maximum atomic E-state index is 12.1. The van der Waals surface area contributed by atoms with E-state index in [-0.39, 0.29) is 12.5 Å². The van der Waals surface area contributed by atoms with Gasteiger partial charge in [0.15, 0.2) is 0 Å². The molecule has 0 fully saturated rings. The number of nitrogens with one attached hydrogen (secondary N) is 1. The predicted octanol–water partition coefficient (Wildman–Crippen LogP) is 1.91. The molecule has 1 unspecified atom stereocenters. The van der Waals surface area contributed by atoms with E-state index in [0.29, 0.717) is 12.1 Å². The van der Waals surface area contributed by atoms with Gasteiger partial charge in [-0.1, -0.05) is 24.8 Å². The Hall–Kier alpha value is -2.46. The Kier molecular flexibility index (Phi) is 7.36. The van der Waals surface area contributed by atoms with Crippen molar-refractivity contribution < 1.29 is 9.90 Å². The minimum atomic E-state index is -0.625. The molecule has 0 spiro atoms. The summed E-state index contributed by atoms with van der Waals surface area (Å²) in [7, 11) is 0. The van der Waals surface area contributed by atoms with Gasteiger partial charge in [-0.05, 0) is 42.5 Å². The Morgan fingerprint density at radius 2 is 2.40 bits per heavy atom. The molecule has 5 heteroatoms. The Bertz CT molecular complexity index is 692. The van der Waals surface area contributed by atoms with Gasteiger partial charge >= 0.3 is 0 Å². The molecule has 0 aromatic heterocycles. The second-order valence-corrected chi connectivity index (χ2v) is 5.97. The van der Waals surface area contributed by atoms with Crippen molar-refractivity contribution in [3.8, 4) is 0 Å². The molecule has 2 aliphatic heterocycles. The second kappa shape index (κ2) is 9.74. The zero-order valence-electron chi connectivity index (χ0n) is 14.6. The lowest BCUT2D eigenvalue weighted by atomic mass is 9.99. The fourth-order valence-corrected chi connectivity index (χ4v) is 2.82. The van der Waals surface area contributed by atoms with Crippen LogP contribution in [0.25, 0.3) is 0 Å². The van der Waals surface area contributed by atoms with E-state index in [9.17, 15) is 9.90 Å². The van der Waals surface area contributed by atoms with Gasteiger partial charge in [0.25, 0.3) is 5.91 Å². The first kappa shape index (κ1) is 18.9. The van der Waals surface area contributed by atoms with Crippen LogP contribution in [-0.4, -0.2) is 54.1 Å². The predicted molar refractivity (Wildman–Crippen MR) is 101 cm³/mol. The van der Waals surface area contributed by atoms with Gasteiger partial charge < -0.3 is 10.4 Å². The quantitative estimate of drug-likeness (QED) is 0.745. The third-order valence-corrected chi connectivity index (χ3v) is 4.09. The van der Waals surface area contributed by atoms with Crippen molar-refractivity contribution in [3.05, 3.63) is 66.0 Å². The summed E-state index contributed by atoms with van der Waals surface area (Å²) in [6.07, 6.45) is 12.7. The van der Waals surface area contributed by atoms with Crippen LogP contribution in [0.5, 0.6) is 0 Å². The molecule has 2 aliphatic rings. The topological polar surface area (TPSA) is 64.9 Å². The molecule has 0 bridgehead atoms. The number of aliphatic hydroxyl groups excluding tert-OH is 1. The molecule has 0 radical (unpaired) electrons.